The van der Waals surface area contributed by atoms with Gasteiger partial charge in [-0.25, -0.2) is 0 Å². The van der Waals surface area contributed by atoms with Gasteiger partial charge < -0.3 is 20.5 Å². The van der Waals surface area contributed by atoms with Crippen LogP contribution in [0, 0.1) is 0 Å². The van der Waals surface area contributed by atoms with Crippen LogP contribution in [0.4, 0.5) is 5.69 Å². The van der Waals surface area contributed by atoms with Crippen LogP contribution in [0.15, 0.2) is 42.5 Å². The third-order valence-corrected chi connectivity index (χ3v) is 3.79. The van der Waals surface area contributed by atoms with E-state index in [-0.39, 0.29) is 29.7 Å². The first-order valence-corrected chi connectivity index (χ1v) is 8.54. The molecule has 2 aromatic rings. The van der Waals surface area contributed by atoms with E-state index in [1.807, 2.05) is 20.8 Å². The predicted molar refractivity (Wildman–Crippen MR) is 101 cm³/mol. The van der Waals surface area contributed by atoms with E-state index < -0.39 is 5.91 Å². The highest BCUT2D eigenvalue weighted by Gasteiger charge is 2.14. The fourth-order valence-corrected chi connectivity index (χ4v) is 2.36. The first kappa shape index (κ1) is 19.3. The van der Waals surface area contributed by atoms with Gasteiger partial charge in [0.25, 0.3) is 5.91 Å². The van der Waals surface area contributed by atoms with Crippen molar-refractivity contribution in [1.29, 1.82) is 0 Å². The topological polar surface area (TPSA) is 87.7 Å². The zero-order valence-corrected chi connectivity index (χ0v) is 15.2. The second-order valence-electron chi connectivity index (χ2n) is 6.12. The minimum absolute atomic E-state index is 0.112. The van der Waals surface area contributed by atoms with Gasteiger partial charge in [-0.05, 0) is 54.8 Å². The van der Waals surface area contributed by atoms with Crippen LogP contribution in [0.1, 0.15) is 42.6 Å². The number of aromatic hydroxyl groups is 1. The number of benzene rings is 2. The smallest absolute Gasteiger partial charge is 0.255 e. The largest absolute Gasteiger partial charge is 0.507 e. The molecule has 26 heavy (non-hydrogen) atoms. The molecule has 0 fully saturated rings. The number of ether oxygens (including phenoxy) is 1. The molecule has 2 aromatic carbocycles. The van der Waals surface area contributed by atoms with Crippen LogP contribution in [0.3, 0.4) is 0 Å². The molecule has 0 aliphatic carbocycles. The Labute approximate surface area is 153 Å². The molecule has 0 bridgehead atoms. The van der Waals surface area contributed by atoms with Crippen molar-refractivity contribution in [2.75, 3.05) is 18.5 Å². The molecular weight excluding hydrogens is 332 g/mol. The summed E-state index contributed by atoms with van der Waals surface area (Å²) in [7, 11) is 0. The van der Waals surface area contributed by atoms with E-state index in [0.29, 0.717) is 12.3 Å². The quantitative estimate of drug-likeness (QED) is 0.710. The molecule has 2 amide bonds. The zero-order valence-electron chi connectivity index (χ0n) is 15.2. The average molecular weight is 356 g/mol. The van der Waals surface area contributed by atoms with Gasteiger partial charge >= 0.3 is 0 Å². The van der Waals surface area contributed by atoms with E-state index in [1.165, 1.54) is 6.07 Å². The number of rotatable bonds is 7. The van der Waals surface area contributed by atoms with Crippen molar-refractivity contribution in [1.82, 2.24) is 5.32 Å². The van der Waals surface area contributed by atoms with Gasteiger partial charge in [0.1, 0.15) is 11.5 Å². The lowest BCUT2D eigenvalue weighted by Gasteiger charge is -2.11. The number of hydrogen-bond donors (Lipinski definition) is 3. The summed E-state index contributed by atoms with van der Waals surface area (Å²) in [5.74, 6) is -0.0166. The maximum Gasteiger partial charge on any atom is 0.255 e. The third kappa shape index (κ3) is 5.24. The average Bonchev–Trinajstić information content (AvgIpc) is 2.61. The first-order valence-electron chi connectivity index (χ1n) is 8.54. The number of carbonyl (C=O) groups excluding carboxylic acids is 2. The Kier molecular flexibility index (Phi) is 6.60. The third-order valence-electron chi connectivity index (χ3n) is 3.79. The molecule has 0 aliphatic rings. The van der Waals surface area contributed by atoms with E-state index in [9.17, 15) is 14.7 Å². The molecule has 0 spiro atoms. The highest BCUT2D eigenvalue weighted by molar-refractivity contribution is 6.00. The van der Waals surface area contributed by atoms with Crippen molar-refractivity contribution in [3.63, 3.8) is 0 Å². The molecule has 0 atom stereocenters. The Morgan fingerprint density at radius 1 is 1.12 bits per heavy atom. The summed E-state index contributed by atoms with van der Waals surface area (Å²) < 4.78 is 5.34. The van der Waals surface area contributed by atoms with Crippen molar-refractivity contribution < 1.29 is 19.4 Å². The van der Waals surface area contributed by atoms with E-state index in [2.05, 4.69) is 10.6 Å². The van der Waals surface area contributed by atoms with Crippen LogP contribution in [-0.2, 0) is 4.79 Å². The van der Waals surface area contributed by atoms with Gasteiger partial charge in [0, 0.05) is 5.69 Å². The normalized spacial score (nSPS) is 10.5. The number of anilines is 1. The minimum Gasteiger partial charge on any atom is -0.507 e. The maximum atomic E-state index is 12.2. The van der Waals surface area contributed by atoms with E-state index in [0.717, 1.165) is 11.3 Å². The number of phenols is 1. The molecule has 0 radical (unpaired) electrons. The number of phenolic OH excluding ortho intramolecular Hbond substituents is 1. The van der Waals surface area contributed by atoms with Gasteiger partial charge in [-0.1, -0.05) is 19.9 Å². The zero-order chi connectivity index (χ0) is 19.1. The van der Waals surface area contributed by atoms with Gasteiger partial charge in [-0.3, -0.25) is 9.59 Å². The summed E-state index contributed by atoms with van der Waals surface area (Å²) >= 11 is 0. The van der Waals surface area contributed by atoms with Gasteiger partial charge in [0.05, 0.1) is 18.7 Å². The Morgan fingerprint density at radius 3 is 2.42 bits per heavy atom. The Balaban J connectivity index is 1.92. The number of carbonyl (C=O) groups is 2. The number of nitrogens with one attached hydrogen (secondary N) is 2. The van der Waals surface area contributed by atoms with E-state index in [1.54, 1.807) is 36.4 Å². The molecule has 138 valence electrons. The molecular formula is C20H24N2O4. The number of amides is 2. The van der Waals surface area contributed by atoms with Crippen molar-refractivity contribution in [2.24, 2.45) is 0 Å². The highest BCUT2D eigenvalue weighted by atomic mass is 16.5. The minimum atomic E-state index is -0.494. The molecule has 3 N–H and O–H groups in total. The van der Waals surface area contributed by atoms with Crippen LogP contribution in [0.25, 0.3) is 0 Å². The SMILES string of the molecule is CCOc1ccc(NC(=O)CNC(=O)c2cc(C(C)C)ccc2O)cc1. The van der Waals surface area contributed by atoms with Crippen LogP contribution < -0.4 is 15.4 Å². The van der Waals surface area contributed by atoms with Crippen molar-refractivity contribution >= 4 is 17.5 Å². The fourth-order valence-electron chi connectivity index (χ4n) is 2.36. The molecule has 0 saturated carbocycles. The van der Waals surface area contributed by atoms with Crippen LogP contribution in [0.5, 0.6) is 11.5 Å². The summed E-state index contributed by atoms with van der Waals surface area (Å²) in [5.41, 5.74) is 1.70. The molecule has 0 aromatic heterocycles. The lowest BCUT2D eigenvalue weighted by Crippen LogP contribution is -2.32. The van der Waals surface area contributed by atoms with Gasteiger partial charge in [0.15, 0.2) is 0 Å². The van der Waals surface area contributed by atoms with E-state index in [4.69, 9.17) is 4.74 Å². The number of hydrogen-bond acceptors (Lipinski definition) is 4. The molecule has 0 unspecified atom stereocenters. The molecule has 0 saturated heterocycles. The Morgan fingerprint density at radius 2 is 1.81 bits per heavy atom. The first-order chi connectivity index (χ1) is 12.4. The summed E-state index contributed by atoms with van der Waals surface area (Å²) in [4.78, 5) is 24.2. The highest BCUT2D eigenvalue weighted by Crippen LogP contribution is 2.23. The van der Waals surface area contributed by atoms with E-state index >= 15 is 0 Å². The van der Waals surface area contributed by atoms with Crippen molar-refractivity contribution in [2.45, 2.75) is 26.7 Å². The van der Waals surface area contributed by atoms with Crippen molar-refractivity contribution in [3.8, 4) is 11.5 Å². The van der Waals surface area contributed by atoms with Gasteiger partial charge in [0.2, 0.25) is 5.91 Å². The Bertz CT molecular complexity index is 770. The van der Waals surface area contributed by atoms with Gasteiger partial charge in [-0.15, -0.1) is 0 Å². The lowest BCUT2D eigenvalue weighted by atomic mass is 10.00. The summed E-state index contributed by atoms with van der Waals surface area (Å²) in [6, 6.07) is 11.9. The standard InChI is InChI=1S/C20H24N2O4/c1-4-26-16-8-6-15(7-9-16)22-19(24)12-21-20(25)17-11-14(13(2)3)5-10-18(17)23/h5-11,13,23H,4,12H2,1-3H3,(H,21,25)(H,22,24). The van der Waals surface area contributed by atoms with Crippen LogP contribution in [-0.4, -0.2) is 30.1 Å². The van der Waals surface area contributed by atoms with Crippen LogP contribution in [0.2, 0.25) is 0 Å². The van der Waals surface area contributed by atoms with Crippen LogP contribution >= 0.6 is 0 Å². The molecule has 6 nitrogen and oxygen atoms in total. The summed E-state index contributed by atoms with van der Waals surface area (Å²) in [6.45, 7) is 6.27. The molecule has 2 rings (SSSR count). The molecule has 0 heterocycles. The molecule has 6 heteroatoms. The monoisotopic (exact) mass is 356 g/mol. The summed E-state index contributed by atoms with van der Waals surface area (Å²) in [6.07, 6.45) is 0. The second-order valence-corrected chi connectivity index (χ2v) is 6.12. The van der Waals surface area contributed by atoms with Gasteiger partial charge in [-0.2, -0.15) is 0 Å². The fraction of sp³-hybridized carbons (Fsp3) is 0.300. The second kappa shape index (κ2) is 8.89. The van der Waals surface area contributed by atoms with Crippen molar-refractivity contribution in [3.05, 3.63) is 53.6 Å². The Hall–Kier alpha value is -3.02. The maximum absolute atomic E-state index is 12.2. The summed E-state index contributed by atoms with van der Waals surface area (Å²) in [5, 5.41) is 15.1. The lowest BCUT2D eigenvalue weighted by molar-refractivity contribution is -0.115. The predicted octanol–water partition coefficient (Wildman–Crippen LogP) is 3.28. The molecule has 0 aliphatic heterocycles.